The van der Waals surface area contributed by atoms with Crippen LogP contribution in [-0.4, -0.2) is 17.1 Å². The summed E-state index contributed by atoms with van der Waals surface area (Å²) in [5, 5.41) is 4.22. The minimum Gasteiger partial charge on any atom is -0.365 e. The molecule has 0 saturated heterocycles. The van der Waals surface area contributed by atoms with E-state index >= 15 is 0 Å². The van der Waals surface area contributed by atoms with Crippen molar-refractivity contribution in [3.63, 3.8) is 0 Å². The number of hydrogen-bond donors (Lipinski definition) is 2. The predicted octanol–water partition coefficient (Wildman–Crippen LogP) is 3.80. The molecule has 0 saturated carbocycles. The van der Waals surface area contributed by atoms with Gasteiger partial charge in [-0.1, -0.05) is 30.3 Å². The summed E-state index contributed by atoms with van der Waals surface area (Å²) in [5.74, 6) is -0.498. The van der Waals surface area contributed by atoms with Gasteiger partial charge in [-0.25, -0.2) is 0 Å². The van der Waals surface area contributed by atoms with Gasteiger partial charge in [0.05, 0.1) is 22.5 Å². The summed E-state index contributed by atoms with van der Waals surface area (Å²) in [6.45, 7) is 0. The second kappa shape index (κ2) is 6.07. The number of nitrogens with two attached hydrogens (primary N) is 1. The molecule has 0 atom stereocenters. The number of carbonyl (C=O) groups is 1. The molecule has 0 radical (unpaired) electrons. The molecule has 0 aliphatic rings. The number of hydrogen-bond acceptors (Lipinski definition) is 4. The van der Waals surface area contributed by atoms with Crippen LogP contribution in [0, 0.1) is 0 Å². The van der Waals surface area contributed by atoms with Crippen molar-refractivity contribution < 1.29 is 4.79 Å². The Balaban J connectivity index is 2.20. The zero-order valence-corrected chi connectivity index (χ0v) is 12.9. The molecule has 1 heterocycles. The molecule has 1 amide bonds. The van der Waals surface area contributed by atoms with Crippen molar-refractivity contribution in [1.29, 1.82) is 0 Å². The van der Waals surface area contributed by atoms with Crippen molar-refractivity contribution in [3.05, 3.63) is 60.3 Å². The SMILES string of the molecule is CSc1ccccc1Nc1c(C(N)=O)cnc2ccccc12. The van der Waals surface area contributed by atoms with Gasteiger partial charge in [-0.3, -0.25) is 9.78 Å². The molecule has 0 bridgehead atoms. The summed E-state index contributed by atoms with van der Waals surface area (Å²) in [6, 6.07) is 15.6. The van der Waals surface area contributed by atoms with Crippen LogP contribution in [0.3, 0.4) is 0 Å². The Hall–Kier alpha value is -2.53. The standard InChI is InChI=1S/C17H15N3OS/c1-22-15-9-5-4-8-14(15)20-16-11-6-2-3-7-13(11)19-10-12(16)17(18)21/h2-10H,1H3,(H2,18,21)(H,19,20). The molecular weight excluding hydrogens is 294 g/mol. The molecule has 0 aliphatic heterocycles. The van der Waals surface area contributed by atoms with Gasteiger partial charge in [0, 0.05) is 16.5 Å². The van der Waals surface area contributed by atoms with Crippen LogP contribution in [0.5, 0.6) is 0 Å². The maximum atomic E-state index is 11.7. The number of benzene rings is 2. The van der Waals surface area contributed by atoms with Crippen molar-refractivity contribution in [2.75, 3.05) is 11.6 Å². The lowest BCUT2D eigenvalue weighted by molar-refractivity contribution is 0.100. The number of aromatic nitrogens is 1. The zero-order valence-electron chi connectivity index (χ0n) is 12.0. The van der Waals surface area contributed by atoms with Crippen LogP contribution in [0.25, 0.3) is 10.9 Å². The average molecular weight is 309 g/mol. The molecule has 0 unspecified atom stereocenters. The summed E-state index contributed by atoms with van der Waals surface area (Å²) in [5.41, 5.74) is 8.34. The summed E-state index contributed by atoms with van der Waals surface area (Å²) in [7, 11) is 0. The number of primary amides is 1. The van der Waals surface area contributed by atoms with Gasteiger partial charge in [-0.15, -0.1) is 11.8 Å². The Morgan fingerprint density at radius 2 is 1.86 bits per heavy atom. The van der Waals surface area contributed by atoms with Crippen LogP contribution < -0.4 is 11.1 Å². The summed E-state index contributed by atoms with van der Waals surface area (Å²) in [4.78, 5) is 17.1. The van der Waals surface area contributed by atoms with Crippen LogP contribution in [0.15, 0.2) is 59.6 Å². The molecule has 3 aromatic rings. The van der Waals surface area contributed by atoms with Crippen molar-refractivity contribution in [2.24, 2.45) is 5.73 Å². The van der Waals surface area contributed by atoms with Crippen molar-refractivity contribution >= 4 is 39.9 Å². The maximum absolute atomic E-state index is 11.7. The first kappa shape index (κ1) is 14.4. The van der Waals surface area contributed by atoms with Gasteiger partial charge >= 0.3 is 0 Å². The molecule has 0 spiro atoms. The fourth-order valence-electron chi connectivity index (χ4n) is 2.35. The number of anilines is 2. The van der Waals surface area contributed by atoms with Gasteiger partial charge in [-0.2, -0.15) is 0 Å². The van der Waals surface area contributed by atoms with E-state index in [1.807, 2.05) is 54.8 Å². The highest BCUT2D eigenvalue weighted by molar-refractivity contribution is 7.98. The summed E-state index contributed by atoms with van der Waals surface area (Å²) < 4.78 is 0. The second-order valence-electron chi connectivity index (χ2n) is 4.75. The average Bonchev–Trinajstić information content (AvgIpc) is 2.55. The molecular formula is C17H15N3OS. The highest BCUT2D eigenvalue weighted by Crippen LogP contribution is 2.32. The van der Waals surface area contributed by atoms with Gasteiger partial charge in [0.15, 0.2) is 0 Å². The number of pyridine rings is 1. The zero-order chi connectivity index (χ0) is 15.5. The topological polar surface area (TPSA) is 68.0 Å². The van der Waals surface area contributed by atoms with Crippen molar-refractivity contribution in [3.8, 4) is 0 Å². The number of thioether (sulfide) groups is 1. The largest absolute Gasteiger partial charge is 0.365 e. The molecule has 3 N–H and O–H groups in total. The number of amides is 1. The van der Waals surface area contributed by atoms with Crippen LogP contribution in [0.1, 0.15) is 10.4 Å². The van der Waals surface area contributed by atoms with E-state index in [0.717, 1.165) is 21.5 Å². The first-order valence-electron chi connectivity index (χ1n) is 6.78. The van der Waals surface area contributed by atoms with Gasteiger partial charge in [0.25, 0.3) is 5.91 Å². The first-order valence-corrected chi connectivity index (χ1v) is 8.01. The third kappa shape index (κ3) is 2.63. The number of nitrogens with one attached hydrogen (secondary N) is 1. The molecule has 0 fully saturated rings. The lowest BCUT2D eigenvalue weighted by Crippen LogP contribution is -2.14. The Kier molecular flexibility index (Phi) is 3.98. The van der Waals surface area contributed by atoms with Crippen molar-refractivity contribution in [1.82, 2.24) is 4.98 Å². The van der Waals surface area contributed by atoms with Crippen LogP contribution in [-0.2, 0) is 0 Å². The molecule has 22 heavy (non-hydrogen) atoms. The highest BCUT2D eigenvalue weighted by atomic mass is 32.2. The van der Waals surface area contributed by atoms with Gasteiger partial charge in [-0.05, 0) is 24.5 Å². The Labute approximate surface area is 132 Å². The quantitative estimate of drug-likeness (QED) is 0.719. The molecule has 2 aromatic carbocycles. The second-order valence-corrected chi connectivity index (χ2v) is 5.60. The minimum absolute atomic E-state index is 0.384. The number of rotatable bonds is 4. The third-order valence-electron chi connectivity index (χ3n) is 3.41. The Bertz CT molecular complexity index is 848. The molecule has 0 aliphatic carbocycles. The van der Waals surface area contributed by atoms with Gasteiger partial charge in [0.2, 0.25) is 0 Å². The maximum Gasteiger partial charge on any atom is 0.252 e. The Morgan fingerprint density at radius 1 is 1.14 bits per heavy atom. The number of para-hydroxylation sites is 2. The van der Waals surface area contributed by atoms with E-state index in [9.17, 15) is 4.79 Å². The van der Waals surface area contributed by atoms with Crippen molar-refractivity contribution in [2.45, 2.75) is 4.90 Å². The molecule has 1 aromatic heterocycles. The number of nitrogens with zero attached hydrogens (tertiary/aromatic N) is 1. The minimum atomic E-state index is -0.498. The van der Waals surface area contributed by atoms with E-state index in [4.69, 9.17) is 5.73 Å². The van der Waals surface area contributed by atoms with E-state index in [2.05, 4.69) is 10.3 Å². The normalized spacial score (nSPS) is 10.6. The number of fused-ring (bicyclic) bond motifs is 1. The molecule has 4 nitrogen and oxygen atoms in total. The summed E-state index contributed by atoms with van der Waals surface area (Å²) >= 11 is 1.64. The van der Waals surface area contributed by atoms with Crippen LogP contribution in [0.2, 0.25) is 0 Å². The fraction of sp³-hybridized carbons (Fsp3) is 0.0588. The fourth-order valence-corrected chi connectivity index (χ4v) is 2.90. The highest BCUT2D eigenvalue weighted by Gasteiger charge is 2.14. The summed E-state index contributed by atoms with van der Waals surface area (Å²) in [6.07, 6.45) is 3.54. The van der Waals surface area contributed by atoms with Gasteiger partial charge < -0.3 is 11.1 Å². The van der Waals surface area contributed by atoms with E-state index in [1.165, 1.54) is 6.20 Å². The van der Waals surface area contributed by atoms with E-state index in [-0.39, 0.29) is 0 Å². The van der Waals surface area contributed by atoms with Crippen LogP contribution in [0.4, 0.5) is 11.4 Å². The third-order valence-corrected chi connectivity index (χ3v) is 4.20. The first-order chi connectivity index (χ1) is 10.7. The lowest BCUT2D eigenvalue weighted by atomic mass is 10.1. The van der Waals surface area contributed by atoms with E-state index < -0.39 is 5.91 Å². The molecule has 5 heteroatoms. The lowest BCUT2D eigenvalue weighted by Gasteiger charge is -2.15. The monoisotopic (exact) mass is 309 g/mol. The van der Waals surface area contributed by atoms with E-state index in [0.29, 0.717) is 11.3 Å². The van der Waals surface area contributed by atoms with Crippen LogP contribution >= 0.6 is 11.8 Å². The Morgan fingerprint density at radius 3 is 2.64 bits per heavy atom. The van der Waals surface area contributed by atoms with E-state index in [1.54, 1.807) is 11.8 Å². The van der Waals surface area contributed by atoms with Gasteiger partial charge in [0.1, 0.15) is 0 Å². The number of carbonyl (C=O) groups excluding carboxylic acids is 1. The molecule has 3 rings (SSSR count). The predicted molar refractivity (Wildman–Crippen MR) is 91.8 cm³/mol. The molecule has 110 valence electrons. The smallest absolute Gasteiger partial charge is 0.252 e.